The Morgan fingerprint density at radius 1 is 0.933 bits per heavy atom. The van der Waals surface area contributed by atoms with Crippen molar-refractivity contribution in [2.24, 2.45) is 0 Å². The number of rotatable bonds is 6. The Morgan fingerprint density at radius 2 is 1.37 bits per heavy atom. The number of imide groups is 1. The third kappa shape index (κ3) is 3.67. The largest absolute Gasteiger partial charge is 0.523 e. The Bertz CT molecular complexity index is 1080. The standard InChI is InChI=1S/C18H16F3NO7S/c1-9(29-30(25,26)18(19,20)21)8-22-16(23)12-4-10-6-14(27-2)15(28-3)7-11(10)5-13(12)17(22)24/h4-7,9H,8H2,1-3H3/t9-/m0/s1. The fourth-order valence-electron chi connectivity index (χ4n) is 3.09. The molecule has 0 spiro atoms. The van der Waals surface area contributed by atoms with Crippen LogP contribution in [0.25, 0.3) is 10.8 Å². The minimum absolute atomic E-state index is 0.0330. The van der Waals surface area contributed by atoms with Crippen LogP contribution < -0.4 is 9.47 Å². The van der Waals surface area contributed by atoms with Gasteiger partial charge >= 0.3 is 15.6 Å². The zero-order chi connectivity index (χ0) is 22.4. The lowest BCUT2D eigenvalue weighted by molar-refractivity contribution is -0.0571. The number of hydrogen-bond acceptors (Lipinski definition) is 7. The minimum Gasteiger partial charge on any atom is -0.493 e. The summed E-state index contributed by atoms with van der Waals surface area (Å²) in [6, 6.07) is 6.11. The second kappa shape index (κ2) is 7.43. The maximum Gasteiger partial charge on any atom is 0.523 e. The lowest BCUT2D eigenvalue weighted by Gasteiger charge is -2.19. The molecule has 0 saturated heterocycles. The van der Waals surface area contributed by atoms with E-state index in [-0.39, 0.29) is 11.1 Å². The number of nitrogens with zero attached hydrogens (tertiary/aromatic N) is 1. The zero-order valence-electron chi connectivity index (χ0n) is 15.9. The second-order valence-corrected chi connectivity index (χ2v) is 8.04. The monoisotopic (exact) mass is 447 g/mol. The molecule has 1 heterocycles. The zero-order valence-corrected chi connectivity index (χ0v) is 16.8. The van der Waals surface area contributed by atoms with Crippen LogP contribution in [0.4, 0.5) is 13.2 Å². The van der Waals surface area contributed by atoms with Crippen molar-refractivity contribution in [1.82, 2.24) is 4.90 Å². The number of halogens is 3. The van der Waals surface area contributed by atoms with Crippen molar-refractivity contribution in [2.45, 2.75) is 18.5 Å². The fraction of sp³-hybridized carbons (Fsp3) is 0.333. The third-order valence-electron chi connectivity index (χ3n) is 4.44. The lowest BCUT2D eigenvalue weighted by Crippen LogP contribution is -2.39. The van der Waals surface area contributed by atoms with Crippen LogP contribution in [-0.4, -0.2) is 57.5 Å². The first-order valence-electron chi connectivity index (χ1n) is 8.45. The Labute approximate surface area is 169 Å². The Morgan fingerprint density at radius 3 is 1.73 bits per heavy atom. The van der Waals surface area contributed by atoms with Crippen molar-refractivity contribution in [3.63, 3.8) is 0 Å². The highest BCUT2D eigenvalue weighted by Gasteiger charge is 2.48. The van der Waals surface area contributed by atoms with Crippen LogP contribution in [0.1, 0.15) is 27.6 Å². The lowest BCUT2D eigenvalue weighted by atomic mass is 10.0. The van der Waals surface area contributed by atoms with Crippen LogP contribution in [-0.2, 0) is 14.3 Å². The number of ether oxygens (including phenoxy) is 2. The van der Waals surface area contributed by atoms with Crippen LogP contribution >= 0.6 is 0 Å². The van der Waals surface area contributed by atoms with E-state index in [1.54, 1.807) is 12.1 Å². The normalized spacial score (nSPS) is 15.5. The van der Waals surface area contributed by atoms with Crippen molar-refractivity contribution >= 4 is 32.7 Å². The quantitative estimate of drug-likeness (QED) is 0.381. The average Bonchev–Trinajstić information content (AvgIpc) is 2.88. The molecular formula is C18H16F3NO7S. The number of alkyl halides is 3. The van der Waals surface area contributed by atoms with Crippen molar-refractivity contribution in [2.75, 3.05) is 20.8 Å². The summed E-state index contributed by atoms with van der Waals surface area (Å²) in [6.45, 7) is 0.337. The van der Waals surface area contributed by atoms with E-state index in [1.165, 1.54) is 26.4 Å². The number of carbonyl (C=O) groups is 2. The Kier molecular flexibility index (Phi) is 5.41. The molecule has 162 valence electrons. The first-order valence-corrected chi connectivity index (χ1v) is 9.86. The van der Waals surface area contributed by atoms with Gasteiger partial charge in [0.2, 0.25) is 0 Å². The summed E-state index contributed by atoms with van der Waals surface area (Å²) in [7, 11) is -3.00. The molecule has 0 bridgehead atoms. The summed E-state index contributed by atoms with van der Waals surface area (Å²) in [5.41, 5.74) is -5.55. The molecule has 30 heavy (non-hydrogen) atoms. The number of benzene rings is 2. The molecule has 3 rings (SSSR count). The molecule has 0 unspecified atom stereocenters. The predicted octanol–water partition coefficient (Wildman–Crippen LogP) is 2.71. The van der Waals surface area contributed by atoms with Gasteiger partial charge in [0.25, 0.3) is 11.8 Å². The van der Waals surface area contributed by atoms with Gasteiger partial charge in [-0.1, -0.05) is 0 Å². The summed E-state index contributed by atoms with van der Waals surface area (Å²) in [5, 5.41) is 1.14. The van der Waals surface area contributed by atoms with Crippen molar-refractivity contribution in [3.05, 3.63) is 35.4 Å². The van der Waals surface area contributed by atoms with Gasteiger partial charge in [0.05, 0.1) is 38.0 Å². The van der Waals surface area contributed by atoms with E-state index in [4.69, 9.17) is 9.47 Å². The second-order valence-electron chi connectivity index (χ2n) is 6.48. The molecule has 1 aliphatic heterocycles. The molecule has 8 nitrogen and oxygen atoms in total. The Balaban J connectivity index is 1.92. The molecule has 0 N–H and O–H groups in total. The molecule has 0 aromatic heterocycles. The van der Waals surface area contributed by atoms with Crippen LogP contribution in [0.15, 0.2) is 24.3 Å². The van der Waals surface area contributed by atoms with Crippen molar-refractivity contribution in [3.8, 4) is 11.5 Å². The molecule has 1 aliphatic rings. The summed E-state index contributed by atoms with van der Waals surface area (Å²) in [5.74, 6) is -0.742. The molecule has 0 saturated carbocycles. The number of fused-ring (bicyclic) bond motifs is 2. The smallest absolute Gasteiger partial charge is 0.493 e. The first kappa shape index (κ1) is 21.8. The van der Waals surface area contributed by atoms with Gasteiger partial charge in [-0.25, -0.2) is 0 Å². The van der Waals surface area contributed by atoms with Gasteiger partial charge in [-0.3, -0.25) is 18.7 Å². The molecule has 12 heteroatoms. The third-order valence-corrected chi connectivity index (χ3v) is 5.59. The van der Waals surface area contributed by atoms with Crippen LogP contribution in [0.3, 0.4) is 0 Å². The highest BCUT2D eigenvalue weighted by molar-refractivity contribution is 7.87. The highest BCUT2D eigenvalue weighted by Crippen LogP contribution is 2.36. The predicted molar refractivity (Wildman–Crippen MR) is 97.9 cm³/mol. The molecule has 0 aliphatic carbocycles. The van der Waals surface area contributed by atoms with Gasteiger partial charge in [0, 0.05) is 0 Å². The van der Waals surface area contributed by atoms with E-state index in [2.05, 4.69) is 4.18 Å². The summed E-state index contributed by atoms with van der Waals surface area (Å²) < 4.78 is 74.2. The molecule has 1 atom stereocenters. The molecule has 0 radical (unpaired) electrons. The van der Waals surface area contributed by atoms with Gasteiger partial charge in [-0.2, -0.15) is 21.6 Å². The van der Waals surface area contributed by atoms with E-state index in [1.807, 2.05) is 0 Å². The van der Waals surface area contributed by atoms with Crippen LogP contribution in [0.5, 0.6) is 11.5 Å². The highest BCUT2D eigenvalue weighted by atomic mass is 32.2. The van der Waals surface area contributed by atoms with Gasteiger partial charge in [-0.05, 0) is 42.0 Å². The number of carbonyl (C=O) groups excluding carboxylic acids is 2. The van der Waals surface area contributed by atoms with Gasteiger partial charge in [0.15, 0.2) is 11.5 Å². The molecule has 2 aromatic rings. The van der Waals surface area contributed by atoms with Crippen molar-refractivity contribution in [1.29, 1.82) is 0 Å². The maximum absolute atomic E-state index is 12.6. The molecule has 2 amide bonds. The number of hydrogen-bond donors (Lipinski definition) is 0. The topological polar surface area (TPSA) is 99.2 Å². The van der Waals surface area contributed by atoms with Gasteiger partial charge < -0.3 is 9.47 Å². The number of methoxy groups -OCH3 is 2. The molecule has 2 aromatic carbocycles. The SMILES string of the molecule is COc1cc2cc3c(cc2cc1OC)C(=O)N(C[C@H](C)OS(=O)(=O)C(F)(F)F)C3=O. The Hall–Kier alpha value is -2.86. The molecular weight excluding hydrogens is 431 g/mol. The van der Waals surface area contributed by atoms with E-state index in [0.717, 1.165) is 6.92 Å². The summed E-state index contributed by atoms with van der Waals surface area (Å²) >= 11 is 0. The van der Waals surface area contributed by atoms with Gasteiger partial charge in [-0.15, -0.1) is 0 Å². The van der Waals surface area contributed by atoms with E-state index in [9.17, 15) is 31.2 Å². The van der Waals surface area contributed by atoms with Crippen LogP contribution in [0, 0.1) is 0 Å². The first-order chi connectivity index (χ1) is 13.9. The number of amides is 2. The molecule has 0 fully saturated rings. The van der Waals surface area contributed by atoms with E-state index < -0.39 is 40.1 Å². The fourth-order valence-corrected chi connectivity index (χ4v) is 3.69. The summed E-state index contributed by atoms with van der Waals surface area (Å²) in [4.78, 5) is 25.9. The van der Waals surface area contributed by atoms with Crippen LogP contribution in [0.2, 0.25) is 0 Å². The minimum atomic E-state index is -5.86. The van der Waals surface area contributed by atoms with Crippen molar-refractivity contribution < 1.29 is 44.8 Å². The van der Waals surface area contributed by atoms with E-state index >= 15 is 0 Å². The summed E-state index contributed by atoms with van der Waals surface area (Å²) in [6.07, 6.45) is -1.60. The van der Waals surface area contributed by atoms with E-state index in [0.29, 0.717) is 27.2 Å². The van der Waals surface area contributed by atoms with Gasteiger partial charge in [0.1, 0.15) is 0 Å². The maximum atomic E-state index is 12.6. The average molecular weight is 447 g/mol.